The quantitative estimate of drug-likeness (QED) is 0.356. The van der Waals surface area contributed by atoms with Crippen LogP contribution < -0.4 is 5.32 Å². The van der Waals surface area contributed by atoms with Crippen LogP contribution in [-0.2, 0) is 6.42 Å². The zero-order valence-electron chi connectivity index (χ0n) is 17.8. The van der Waals surface area contributed by atoms with E-state index in [1.54, 1.807) is 19.0 Å². The van der Waals surface area contributed by atoms with Crippen LogP contribution >= 0.6 is 35.7 Å². The Morgan fingerprint density at radius 2 is 2.14 bits per heavy atom. The third kappa shape index (κ3) is 7.46. The second-order valence-corrected chi connectivity index (χ2v) is 8.83. The minimum Gasteiger partial charge on any atom is -0.357 e. The van der Waals surface area contributed by atoms with Crippen LogP contribution in [0, 0.1) is 5.92 Å². The number of halogens is 1. The molecule has 0 aromatic heterocycles. The third-order valence-electron chi connectivity index (χ3n) is 4.71. The van der Waals surface area contributed by atoms with Crippen LogP contribution in [0.15, 0.2) is 29.3 Å². The number of aliphatic imine (C=N–C) groups is 1. The van der Waals surface area contributed by atoms with Crippen LogP contribution in [-0.4, -0.2) is 72.9 Å². The van der Waals surface area contributed by atoms with Crippen LogP contribution in [0.5, 0.6) is 0 Å². The molecule has 1 N–H and O–H groups in total. The van der Waals surface area contributed by atoms with Crippen molar-refractivity contribution in [3.8, 4) is 0 Å². The molecule has 1 atom stereocenters. The molecule has 5 nitrogen and oxygen atoms in total. The maximum absolute atomic E-state index is 12.1. The normalized spacial score (nSPS) is 17.3. The molecule has 1 fully saturated rings. The average Bonchev–Trinajstić information content (AvgIpc) is 2.67. The Balaban J connectivity index is 0.00000392. The van der Waals surface area contributed by atoms with Crippen molar-refractivity contribution < 1.29 is 4.79 Å². The van der Waals surface area contributed by atoms with Gasteiger partial charge < -0.3 is 15.1 Å². The van der Waals surface area contributed by atoms with Crippen molar-refractivity contribution in [2.75, 3.05) is 46.0 Å². The summed E-state index contributed by atoms with van der Waals surface area (Å²) in [5, 5.41) is 4.11. The number of guanidine groups is 1. The number of carbonyl (C=O) groups is 1. The standard InChI is InChI=1S/C21H34N4OS.HI/c1-6-22-21(25-12-13-27-19(15-25)16(2)3)23-11-10-17-8-7-9-18(14-17)20(26)24(4)5;/h7-9,14,16,19H,6,10-13,15H2,1-5H3,(H,22,23);1H. The van der Waals surface area contributed by atoms with Crippen molar-refractivity contribution in [1.82, 2.24) is 15.1 Å². The fourth-order valence-electron chi connectivity index (χ4n) is 3.11. The number of nitrogens with one attached hydrogen (secondary N) is 1. The monoisotopic (exact) mass is 518 g/mol. The molecule has 0 bridgehead atoms. The lowest BCUT2D eigenvalue weighted by Crippen LogP contribution is -2.49. The molecule has 1 heterocycles. The van der Waals surface area contributed by atoms with E-state index in [1.165, 1.54) is 0 Å². The molecule has 1 amide bonds. The molecule has 2 rings (SSSR count). The molecule has 1 aromatic rings. The summed E-state index contributed by atoms with van der Waals surface area (Å²) in [6.07, 6.45) is 0.833. The molecule has 0 radical (unpaired) electrons. The Hall–Kier alpha value is -0.960. The summed E-state index contributed by atoms with van der Waals surface area (Å²) in [6.45, 7) is 10.4. The first-order valence-electron chi connectivity index (χ1n) is 9.87. The zero-order valence-corrected chi connectivity index (χ0v) is 20.9. The number of nitrogens with zero attached hydrogens (tertiary/aromatic N) is 3. The number of amides is 1. The van der Waals surface area contributed by atoms with Gasteiger partial charge in [0.2, 0.25) is 0 Å². The van der Waals surface area contributed by atoms with Gasteiger partial charge in [0.15, 0.2) is 5.96 Å². The summed E-state index contributed by atoms with van der Waals surface area (Å²) in [4.78, 5) is 21.0. The van der Waals surface area contributed by atoms with E-state index in [4.69, 9.17) is 4.99 Å². The van der Waals surface area contributed by atoms with Crippen molar-refractivity contribution in [2.24, 2.45) is 10.9 Å². The number of thioether (sulfide) groups is 1. The fourth-order valence-corrected chi connectivity index (χ4v) is 4.40. The SMILES string of the molecule is CCNC(=NCCc1cccc(C(=O)N(C)C)c1)N1CCSC(C(C)C)C1.I. The van der Waals surface area contributed by atoms with E-state index < -0.39 is 0 Å². The van der Waals surface area contributed by atoms with Crippen molar-refractivity contribution in [3.63, 3.8) is 0 Å². The Bertz CT molecular complexity index is 651. The van der Waals surface area contributed by atoms with Gasteiger partial charge in [0.05, 0.1) is 0 Å². The molecule has 0 aliphatic carbocycles. The van der Waals surface area contributed by atoms with Crippen molar-refractivity contribution in [2.45, 2.75) is 32.4 Å². The Morgan fingerprint density at radius 1 is 1.39 bits per heavy atom. The third-order valence-corrected chi connectivity index (χ3v) is 6.25. The largest absolute Gasteiger partial charge is 0.357 e. The number of benzene rings is 1. The van der Waals surface area contributed by atoms with Gasteiger partial charge in [-0.1, -0.05) is 26.0 Å². The van der Waals surface area contributed by atoms with Crippen molar-refractivity contribution >= 4 is 47.6 Å². The molecule has 158 valence electrons. The second-order valence-electron chi connectivity index (χ2n) is 7.48. The summed E-state index contributed by atoms with van der Waals surface area (Å²) in [5.74, 6) is 2.89. The lowest BCUT2D eigenvalue weighted by molar-refractivity contribution is 0.0827. The van der Waals surface area contributed by atoms with Gasteiger partial charge in [-0.15, -0.1) is 24.0 Å². The zero-order chi connectivity index (χ0) is 19.8. The predicted molar refractivity (Wildman–Crippen MR) is 132 cm³/mol. The lowest BCUT2D eigenvalue weighted by atomic mass is 10.1. The highest BCUT2D eigenvalue weighted by molar-refractivity contribution is 14.0. The molecule has 1 aliphatic heterocycles. The number of hydrogen-bond donors (Lipinski definition) is 1. The van der Waals surface area contributed by atoms with Crippen LogP contribution in [0.4, 0.5) is 0 Å². The van der Waals surface area contributed by atoms with Crippen LogP contribution in [0.2, 0.25) is 0 Å². The maximum Gasteiger partial charge on any atom is 0.253 e. The van der Waals surface area contributed by atoms with Gasteiger partial charge in [0, 0.05) is 56.8 Å². The average molecular weight is 519 g/mol. The van der Waals surface area contributed by atoms with Gasteiger partial charge in [-0.05, 0) is 37.0 Å². The van der Waals surface area contributed by atoms with E-state index in [-0.39, 0.29) is 29.9 Å². The summed E-state index contributed by atoms with van der Waals surface area (Å²) >= 11 is 2.08. The Kier molecular flexibility index (Phi) is 11.3. The maximum atomic E-state index is 12.1. The summed E-state index contributed by atoms with van der Waals surface area (Å²) in [7, 11) is 3.56. The molecule has 7 heteroatoms. The van der Waals surface area contributed by atoms with E-state index >= 15 is 0 Å². The van der Waals surface area contributed by atoms with E-state index in [0.29, 0.717) is 11.2 Å². The van der Waals surface area contributed by atoms with E-state index in [2.05, 4.69) is 48.8 Å². The molecule has 1 aromatic carbocycles. The highest BCUT2D eigenvalue weighted by Gasteiger charge is 2.24. The number of carbonyl (C=O) groups excluding carboxylic acids is 1. The minimum atomic E-state index is 0. The van der Waals surface area contributed by atoms with Crippen molar-refractivity contribution in [1.29, 1.82) is 0 Å². The minimum absolute atomic E-state index is 0. The molecule has 1 saturated heterocycles. The summed E-state index contributed by atoms with van der Waals surface area (Å²) < 4.78 is 0. The highest BCUT2D eigenvalue weighted by atomic mass is 127. The van der Waals surface area contributed by atoms with Crippen LogP contribution in [0.3, 0.4) is 0 Å². The summed E-state index contributed by atoms with van der Waals surface area (Å²) in [6, 6.07) is 7.88. The first kappa shape index (κ1) is 25.1. The Labute approximate surface area is 191 Å². The van der Waals surface area contributed by atoms with Gasteiger partial charge in [-0.2, -0.15) is 11.8 Å². The number of hydrogen-bond acceptors (Lipinski definition) is 3. The first-order chi connectivity index (χ1) is 12.9. The van der Waals surface area contributed by atoms with Crippen LogP contribution in [0.25, 0.3) is 0 Å². The van der Waals surface area contributed by atoms with Gasteiger partial charge in [-0.25, -0.2) is 0 Å². The Morgan fingerprint density at radius 3 is 2.79 bits per heavy atom. The van der Waals surface area contributed by atoms with Crippen LogP contribution in [0.1, 0.15) is 36.7 Å². The molecule has 28 heavy (non-hydrogen) atoms. The van der Waals surface area contributed by atoms with Gasteiger partial charge in [0.25, 0.3) is 5.91 Å². The molecule has 1 aliphatic rings. The molecular weight excluding hydrogens is 483 g/mol. The molecule has 0 saturated carbocycles. The topological polar surface area (TPSA) is 47.9 Å². The van der Waals surface area contributed by atoms with E-state index in [0.717, 1.165) is 55.4 Å². The predicted octanol–water partition coefficient (Wildman–Crippen LogP) is 3.59. The number of rotatable bonds is 6. The summed E-state index contributed by atoms with van der Waals surface area (Å²) in [5.41, 5.74) is 1.89. The molecule has 1 unspecified atom stereocenters. The van der Waals surface area contributed by atoms with E-state index in [1.807, 2.05) is 18.2 Å². The smallest absolute Gasteiger partial charge is 0.253 e. The van der Waals surface area contributed by atoms with Gasteiger partial charge in [-0.3, -0.25) is 9.79 Å². The fraction of sp³-hybridized carbons (Fsp3) is 0.619. The first-order valence-corrected chi connectivity index (χ1v) is 10.9. The van der Waals surface area contributed by atoms with Gasteiger partial charge in [0.1, 0.15) is 0 Å². The highest BCUT2D eigenvalue weighted by Crippen LogP contribution is 2.24. The molecular formula is C21H35IN4OS. The van der Waals surface area contributed by atoms with E-state index in [9.17, 15) is 4.79 Å². The van der Waals surface area contributed by atoms with Crippen molar-refractivity contribution in [3.05, 3.63) is 35.4 Å². The van der Waals surface area contributed by atoms with Gasteiger partial charge >= 0.3 is 0 Å². The lowest BCUT2D eigenvalue weighted by Gasteiger charge is -2.36. The molecule has 0 spiro atoms. The second kappa shape index (κ2) is 12.6.